The fourth-order valence-corrected chi connectivity index (χ4v) is 4.15. The number of nitrogens with one attached hydrogen (secondary N) is 2. The zero-order chi connectivity index (χ0) is 19.3. The van der Waals surface area contributed by atoms with Gasteiger partial charge in [-0.2, -0.15) is 0 Å². The van der Waals surface area contributed by atoms with E-state index >= 15 is 0 Å². The van der Waals surface area contributed by atoms with Gasteiger partial charge in [0.2, 0.25) is 5.91 Å². The molecule has 2 N–H and O–H groups in total. The molecule has 156 valence electrons. The normalized spacial score (nSPS) is 20.4. The van der Waals surface area contributed by atoms with Crippen LogP contribution >= 0.6 is 12.4 Å². The van der Waals surface area contributed by atoms with Gasteiger partial charge in [-0.1, -0.05) is 48.5 Å². The van der Waals surface area contributed by atoms with Crippen LogP contribution in [0.5, 0.6) is 5.75 Å². The van der Waals surface area contributed by atoms with Gasteiger partial charge in [0, 0.05) is 25.2 Å². The van der Waals surface area contributed by atoms with Crippen LogP contribution in [-0.4, -0.2) is 44.1 Å². The number of carbonyl (C=O) groups excluding carboxylic acids is 1. The standard InChI is InChI=1S/C23H29N3O2.ClH/c1-28-21-10-6-5-9-19(21)20-15-24-13-14-26(20)16-22(27)25-23(18-11-12-18)17-7-3-2-4-8-17;/h2-10,18,20,23-24H,11-16H2,1H3,(H,25,27);1H. The molecular weight excluding hydrogens is 386 g/mol. The zero-order valence-electron chi connectivity index (χ0n) is 16.8. The lowest BCUT2D eigenvalue weighted by Gasteiger charge is -2.36. The highest BCUT2D eigenvalue weighted by molar-refractivity contribution is 5.85. The Hall–Kier alpha value is -2.08. The quantitative estimate of drug-likeness (QED) is 0.728. The van der Waals surface area contributed by atoms with Crippen molar-refractivity contribution in [1.82, 2.24) is 15.5 Å². The summed E-state index contributed by atoms with van der Waals surface area (Å²) in [5.74, 6) is 1.55. The molecule has 6 heteroatoms. The number of hydrogen-bond donors (Lipinski definition) is 2. The summed E-state index contributed by atoms with van der Waals surface area (Å²) >= 11 is 0. The van der Waals surface area contributed by atoms with Crippen LogP contribution in [0.25, 0.3) is 0 Å². The Morgan fingerprint density at radius 2 is 1.90 bits per heavy atom. The molecule has 2 fully saturated rings. The number of benzene rings is 2. The third kappa shape index (κ3) is 5.30. The number of piperazine rings is 1. The summed E-state index contributed by atoms with van der Waals surface area (Å²) < 4.78 is 5.56. The smallest absolute Gasteiger partial charge is 0.234 e. The number of amides is 1. The van der Waals surface area contributed by atoms with Gasteiger partial charge in [0.25, 0.3) is 0 Å². The first kappa shape index (κ1) is 21.6. The number of halogens is 1. The molecule has 29 heavy (non-hydrogen) atoms. The van der Waals surface area contributed by atoms with Crippen LogP contribution in [0.3, 0.4) is 0 Å². The Morgan fingerprint density at radius 3 is 2.62 bits per heavy atom. The molecule has 1 aliphatic heterocycles. The van der Waals surface area contributed by atoms with Gasteiger partial charge < -0.3 is 15.4 Å². The van der Waals surface area contributed by atoms with Gasteiger partial charge in [-0.25, -0.2) is 0 Å². The van der Waals surface area contributed by atoms with Gasteiger partial charge in [-0.3, -0.25) is 9.69 Å². The minimum absolute atomic E-state index is 0. The predicted octanol–water partition coefficient (Wildman–Crippen LogP) is 3.33. The largest absolute Gasteiger partial charge is 0.496 e. The summed E-state index contributed by atoms with van der Waals surface area (Å²) in [4.78, 5) is 15.2. The van der Waals surface area contributed by atoms with Crippen molar-refractivity contribution in [2.45, 2.75) is 24.9 Å². The number of nitrogens with zero attached hydrogens (tertiary/aromatic N) is 1. The number of methoxy groups -OCH3 is 1. The van der Waals surface area contributed by atoms with Crippen LogP contribution in [0.2, 0.25) is 0 Å². The van der Waals surface area contributed by atoms with E-state index in [2.05, 4.69) is 33.7 Å². The highest BCUT2D eigenvalue weighted by Gasteiger charge is 2.34. The van der Waals surface area contributed by atoms with Gasteiger partial charge in [0.15, 0.2) is 0 Å². The third-order valence-electron chi connectivity index (χ3n) is 5.77. The summed E-state index contributed by atoms with van der Waals surface area (Å²) in [5.41, 5.74) is 2.34. The molecule has 0 spiro atoms. The van der Waals surface area contributed by atoms with Crippen molar-refractivity contribution in [2.24, 2.45) is 5.92 Å². The molecule has 0 radical (unpaired) electrons. The third-order valence-corrected chi connectivity index (χ3v) is 5.77. The molecule has 2 atom stereocenters. The number of para-hydroxylation sites is 1. The first-order valence-corrected chi connectivity index (χ1v) is 10.2. The summed E-state index contributed by atoms with van der Waals surface area (Å²) in [5, 5.41) is 6.76. The fraction of sp³-hybridized carbons (Fsp3) is 0.435. The lowest BCUT2D eigenvalue weighted by molar-refractivity contribution is -0.124. The van der Waals surface area contributed by atoms with Crippen LogP contribution in [0.1, 0.15) is 36.1 Å². The van der Waals surface area contributed by atoms with E-state index in [1.54, 1.807) is 7.11 Å². The summed E-state index contributed by atoms with van der Waals surface area (Å²) in [6, 6.07) is 18.7. The molecule has 0 aromatic heterocycles. The second-order valence-electron chi connectivity index (χ2n) is 7.73. The number of rotatable bonds is 7. The summed E-state index contributed by atoms with van der Waals surface area (Å²) in [6.45, 7) is 2.96. The molecule has 1 heterocycles. The first-order valence-electron chi connectivity index (χ1n) is 10.2. The first-order chi connectivity index (χ1) is 13.8. The van der Waals surface area contributed by atoms with E-state index in [0.717, 1.165) is 30.9 Å². The Labute approximate surface area is 179 Å². The van der Waals surface area contributed by atoms with E-state index in [4.69, 9.17) is 4.74 Å². The zero-order valence-corrected chi connectivity index (χ0v) is 17.7. The van der Waals surface area contributed by atoms with E-state index in [-0.39, 0.29) is 30.4 Å². The molecule has 5 nitrogen and oxygen atoms in total. The van der Waals surface area contributed by atoms with Crippen LogP contribution < -0.4 is 15.4 Å². The number of carbonyl (C=O) groups is 1. The second kappa shape index (κ2) is 10.1. The van der Waals surface area contributed by atoms with Crippen molar-refractivity contribution in [3.8, 4) is 5.75 Å². The van der Waals surface area contributed by atoms with E-state index in [9.17, 15) is 4.79 Å². The lowest BCUT2D eigenvalue weighted by Crippen LogP contribution is -2.50. The highest BCUT2D eigenvalue weighted by atomic mass is 35.5. The van der Waals surface area contributed by atoms with Gasteiger partial charge in [0.05, 0.1) is 25.7 Å². The lowest BCUT2D eigenvalue weighted by atomic mass is 10.0. The molecular formula is C23H30ClN3O2. The monoisotopic (exact) mass is 415 g/mol. The second-order valence-corrected chi connectivity index (χ2v) is 7.73. The van der Waals surface area contributed by atoms with E-state index < -0.39 is 0 Å². The van der Waals surface area contributed by atoms with Crippen molar-refractivity contribution in [2.75, 3.05) is 33.3 Å². The fourth-order valence-electron chi connectivity index (χ4n) is 4.15. The topological polar surface area (TPSA) is 53.6 Å². The summed E-state index contributed by atoms with van der Waals surface area (Å²) in [7, 11) is 1.70. The molecule has 4 rings (SSSR count). The molecule has 1 aliphatic carbocycles. The molecule has 1 saturated heterocycles. The van der Waals surface area contributed by atoms with Crippen LogP contribution in [0.15, 0.2) is 54.6 Å². The van der Waals surface area contributed by atoms with Gasteiger partial charge in [-0.15, -0.1) is 12.4 Å². The molecule has 2 aromatic carbocycles. The van der Waals surface area contributed by atoms with Crippen LogP contribution in [0.4, 0.5) is 0 Å². The molecule has 2 aromatic rings. The predicted molar refractivity (Wildman–Crippen MR) is 117 cm³/mol. The summed E-state index contributed by atoms with van der Waals surface area (Å²) in [6.07, 6.45) is 2.38. The average molecular weight is 416 g/mol. The van der Waals surface area contributed by atoms with Crippen LogP contribution in [0, 0.1) is 5.92 Å². The maximum atomic E-state index is 13.0. The Bertz CT molecular complexity index is 798. The molecule has 0 bridgehead atoms. The van der Waals surface area contributed by atoms with Crippen molar-refractivity contribution in [3.05, 3.63) is 65.7 Å². The maximum Gasteiger partial charge on any atom is 0.234 e. The van der Waals surface area contributed by atoms with Crippen LogP contribution in [-0.2, 0) is 4.79 Å². The van der Waals surface area contributed by atoms with E-state index in [0.29, 0.717) is 12.5 Å². The number of hydrogen-bond acceptors (Lipinski definition) is 4. The molecule has 1 amide bonds. The van der Waals surface area contributed by atoms with Gasteiger partial charge in [0.1, 0.15) is 5.75 Å². The SMILES string of the molecule is COc1ccccc1C1CNCCN1CC(=O)NC(c1ccccc1)C1CC1.Cl. The van der Waals surface area contributed by atoms with Gasteiger partial charge in [-0.05, 0) is 30.4 Å². The molecule has 2 aliphatic rings. The minimum Gasteiger partial charge on any atom is -0.496 e. The Balaban J connectivity index is 0.00000240. The van der Waals surface area contributed by atoms with Gasteiger partial charge >= 0.3 is 0 Å². The van der Waals surface area contributed by atoms with Crippen molar-refractivity contribution < 1.29 is 9.53 Å². The van der Waals surface area contributed by atoms with E-state index in [1.807, 2.05) is 36.4 Å². The Kier molecular flexibility index (Phi) is 7.53. The highest BCUT2D eigenvalue weighted by Crippen LogP contribution is 2.41. The molecule has 1 saturated carbocycles. The Morgan fingerprint density at radius 1 is 1.17 bits per heavy atom. The van der Waals surface area contributed by atoms with Crippen molar-refractivity contribution in [1.29, 1.82) is 0 Å². The van der Waals surface area contributed by atoms with Crippen molar-refractivity contribution in [3.63, 3.8) is 0 Å². The average Bonchev–Trinajstić information content (AvgIpc) is 3.58. The minimum atomic E-state index is 0. The number of ether oxygens (including phenoxy) is 1. The maximum absolute atomic E-state index is 13.0. The van der Waals surface area contributed by atoms with Crippen molar-refractivity contribution >= 4 is 18.3 Å². The van der Waals surface area contributed by atoms with E-state index in [1.165, 1.54) is 18.4 Å². The molecule has 2 unspecified atom stereocenters.